The number of nitrogens with zero attached hydrogens (tertiary/aromatic N) is 3. The molecule has 2 aromatic rings. The van der Waals surface area contributed by atoms with E-state index in [0.29, 0.717) is 11.4 Å². The van der Waals surface area contributed by atoms with Gasteiger partial charge in [-0.05, 0) is 12.1 Å². The van der Waals surface area contributed by atoms with Crippen molar-refractivity contribution in [1.29, 1.82) is 0 Å². The third-order valence-electron chi connectivity index (χ3n) is 2.29. The molecular weight excluding hydrogens is 289 g/mol. The SMILES string of the molecule is COc1ccc(F)c(-n2cc(CCBr)nn2)c1. The Balaban J connectivity index is 2.37. The molecule has 0 atom stereocenters. The van der Waals surface area contributed by atoms with Gasteiger partial charge in [-0.15, -0.1) is 5.10 Å². The Bertz CT molecular complexity index is 515. The number of rotatable bonds is 4. The molecule has 90 valence electrons. The molecule has 0 fully saturated rings. The number of halogens is 2. The van der Waals surface area contributed by atoms with Crippen molar-refractivity contribution < 1.29 is 9.13 Å². The minimum atomic E-state index is -0.360. The van der Waals surface area contributed by atoms with Gasteiger partial charge in [-0.3, -0.25) is 0 Å². The van der Waals surface area contributed by atoms with E-state index in [1.807, 2.05) is 0 Å². The molecule has 0 radical (unpaired) electrons. The summed E-state index contributed by atoms with van der Waals surface area (Å²) in [6.45, 7) is 0. The van der Waals surface area contributed by atoms with Crippen LogP contribution in [0.2, 0.25) is 0 Å². The average molecular weight is 300 g/mol. The van der Waals surface area contributed by atoms with Crippen molar-refractivity contribution >= 4 is 15.9 Å². The summed E-state index contributed by atoms with van der Waals surface area (Å²) in [5, 5.41) is 8.64. The van der Waals surface area contributed by atoms with E-state index in [0.717, 1.165) is 17.4 Å². The second kappa shape index (κ2) is 5.27. The van der Waals surface area contributed by atoms with Crippen molar-refractivity contribution in [2.75, 3.05) is 12.4 Å². The first-order valence-electron chi connectivity index (χ1n) is 5.05. The zero-order valence-corrected chi connectivity index (χ0v) is 10.8. The number of alkyl halides is 1. The summed E-state index contributed by atoms with van der Waals surface area (Å²) in [5.41, 5.74) is 1.14. The third kappa shape index (κ3) is 2.63. The smallest absolute Gasteiger partial charge is 0.149 e. The van der Waals surface area contributed by atoms with Crippen LogP contribution in [-0.2, 0) is 6.42 Å². The van der Waals surface area contributed by atoms with Crippen LogP contribution in [0.3, 0.4) is 0 Å². The summed E-state index contributed by atoms with van der Waals surface area (Å²) >= 11 is 3.32. The van der Waals surface area contributed by atoms with E-state index < -0.39 is 0 Å². The Kier molecular flexibility index (Phi) is 3.73. The van der Waals surface area contributed by atoms with Gasteiger partial charge >= 0.3 is 0 Å². The van der Waals surface area contributed by atoms with Gasteiger partial charge in [-0.25, -0.2) is 9.07 Å². The van der Waals surface area contributed by atoms with E-state index in [9.17, 15) is 4.39 Å². The number of benzene rings is 1. The molecule has 0 saturated carbocycles. The van der Waals surface area contributed by atoms with Crippen LogP contribution in [0, 0.1) is 5.82 Å². The molecule has 0 N–H and O–H groups in total. The summed E-state index contributed by atoms with van der Waals surface area (Å²) in [4.78, 5) is 0. The number of ether oxygens (including phenoxy) is 1. The lowest BCUT2D eigenvalue weighted by Gasteiger charge is -2.04. The molecule has 4 nitrogen and oxygen atoms in total. The molecule has 1 heterocycles. The van der Waals surface area contributed by atoms with Gasteiger partial charge in [0.25, 0.3) is 0 Å². The fourth-order valence-corrected chi connectivity index (χ4v) is 1.83. The van der Waals surface area contributed by atoms with Crippen LogP contribution in [0.4, 0.5) is 4.39 Å². The second-order valence-corrected chi connectivity index (χ2v) is 4.20. The van der Waals surface area contributed by atoms with Crippen LogP contribution in [0.25, 0.3) is 5.69 Å². The van der Waals surface area contributed by atoms with Crippen LogP contribution < -0.4 is 4.74 Å². The first kappa shape index (κ1) is 12.0. The summed E-state index contributed by atoms with van der Waals surface area (Å²) in [5.74, 6) is 0.222. The van der Waals surface area contributed by atoms with E-state index in [4.69, 9.17) is 4.74 Å². The molecule has 1 aromatic heterocycles. The molecule has 0 aliphatic rings. The van der Waals surface area contributed by atoms with Crippen molar-refractivity contribution in [3.05, 3.63) is 35.9 Å². The van der Waals surface area contributed by atoms with Crippen molar-refractivity contribution in [3.63, 3.8) is 0 Å². The maximum Gasteiger partial charge on any atom is 0.149 e. The van der Waals surface area contributed by atoms with E-state index in [-0.39, 0.29) is 5.82 Å². The Morgan fingerprint density at radius 1 is 1.47 bits per heavy atom. The van der Waals surface area contributed by atoms with Gasteiger partial charge in [0.1, 0.15) is 17.3 Å². The third-order valence-corrected chi connectivity index (χ3v) is 2.69. The monoisotopic (exact) mass is 299 g/mol. The number of hydrogen-bond donors (Lipinski definition) is 0. The first-order chi connectivity index (χ1) is 8.24. The molecule has 6 heteroatoms. The van der Waals surface area contributed by atoms with Gasteiger partial charge in [0.05, 0.1) is 19.0 Å². The molecular formula is C11H11BrFN3O. The van der Waals surface area contributed by atoms with E-state index in [1.165, 1.54) is 17.9 Å². The Hall–Kier alpha value is -1.43. The van der Waals surface area contributed by atoms with E-state index in [1.54, 1.807) is 18.3 Å². The minimum absolute atomic E-state index is 0.331. The molecule has 0 amide bonds. The predicted octanol–water partition coefficient (Wildman–Crippen LogP) is 2.35. The van der Waals surface area contributed by atoms with Gasteiger partial charge in [0.15, 0.2) is 0 Å². The first-order valence-corrected chi connectivity index (χ1v) is 6.18. The Morgan fingerprint density at radius 3 is 3.00 bits per heavy atom. The van der Waals surface area contributed by atoms with Crippen molar-refractivity contribution in [2.45, 2.75) is 6.42 Å². The summed E-state index contributed by atoms with van der Waals surface area (Å²) < 4.78 is 20.1. The van der Waals surface area contributed by atoms with Gasteiger partial charge in [0, 0.05) is 17.8 Å². The second-order valence-electron chi connectivity index (χ2n) is 3.41. The van der Waals surface area contributed by atoms with Gasteiger partial charge in [0.2, 0.25) is 0 Å². The van der Waals surface area contributed by atoms with Gasteiger partial charge < -0.3 is 4.74 Å². The summed E-state index contributed by atoms with van der Waals surface area (Å²) in [6, 6.07) is 4.50. The zero-order chi connectivity index (χ0) is 12.3. The lowest BCUT2D eigenvalue weighted by molar-refractivity contribution is 0.413. The molecule has 0 bridgehead atoms. The lowest BCUT2D eigenvalue weighted by atomic mass is 10.3. The lowest BCUT2D eigenvalue weighted by Crippen LogP contribution is -1.99. The predicted molar refractivity (Wildman–Crippen MR) is 65.4 cm³/mol. The molecule has 0 aliphatic heterocycles. The Labute approximate surface area is 107 Å². The van der Waals surface area contributed by atoms with Crippen LogP contribution >= 0.6 is 15.9 Å². The fourth-order valence-electron chi connectivity index (χ4n) is 1.42. The molecule has 17 heavy (non-hydrogen) atoms. The zero-order valence-electron chi connectivity index (χ0n) is 9.23. The van der Waals surface area contributed by atoms with E-state index >= 15 is 0 Å². The highest BCUT2D eigenvalue weighted by Gasteiger charge is 2.08. The highest BCUT2D eigenvalue weighted by molar-refractivity contribution is 9.09. The fraction of sp³-hybridized carbons (Fsp3) is 0.273. The highest BCUT2D eigenvalue weighted by atomic mass is 79.9. The van der Waals surface area contributed by atoms with E-state index in [2.05, 4.69) is 26.2 Å². The van der Waals surface area contributed by atoms with Crippen molar-refractivity contribution in [2.24, 2.45) is 0 Å². The largest absolute Gasteiger partial charge is 0.497 e. The van der Waals surface area contributed by atoms with Crippen LogP contribution in [0.15, 0.2) is 24.4 Å². The summed E-state index contributed by atoms with van der Waals surface area (Å²) in [7, 11) is 1.54. The number of aryl methyl sites for hydroxylation is 1. The molecule has 0 aliphatic carbocycles. The van der Waals surface area contributed by atoms with Gasteiger partial charge in [-0.2, -0.15) is 0 Å². The van der Waals surface area contributed by atoms with Crippen LogP contribution in [0.1, 0.15) is 5.69 Å². The topological polar surface area (TPSA) is 39.9 Å². The quantitative estimate of drug-likeness (QED) is 0.814. The Morgan fingerprint density at radius 2 is 2.29 bits per heavy atom. The van der Waals surface area contributed by atoms with Crippen LogP contribution in [0.5, 0.6) is 5.75 Å². The molecule has 0 saturated heterocycles. The maximum absolute atomic E-state index is 13.6. The molecule has 0 spiro atoms. The van der Waals surface area contributed by atoms with Gasteiger partial charge in [-0.1, -0.05) is 21.1 Å². The summed E-state index contributed by atoms with van der Waals surface area (Å²) in [6.07, 6.45) is 2.46. The van der Waals surface area contributed by atoms with Crippen molar-refractivity contribution in [3.8, 4) is 11.4 Å². The molecule has 1 aromatic carbocycles. The average Bonchev–Trinajstić information content (AvgIpc) is 2.79. The normalized spacial score (nSPS) is 10.5. The number of hydrogen-bond acceptors (Lipinski definition) is 3. The van der Waals surface area contributed by atoms with Crippen molar-refractivity contribution in [1.82, 2.24) is 15.0 Å². The number of methoxy groups -OCH3 is 1. The standard InChI is InChI=1S/C11H11BrFN3O/c1-17-9-2-3-10(13)11(6-9)16-7-8(4-5-12)14-15-16/h2-3,6-7H,4-5H2,1H3. The van der Waals surface area contributed by atoms with Crippen LogP contribution in [-0.4, -0.2) is 27.4 Å². The highest BCUT2D eigenvalue weighted by Crippen LogP contribution is 2.19. The minimum Gasteiger partial charge on any atom is -0.497 e. The molecule has 0 unspecified atom stereocenters. The maximum atomic E-state index is 13.6. The number of aromatic nitrogens is 3. The molecule has 2 rings (SSSR count).